The van der Waals surface area contributed by atoms with Gasteiger partial charge in [-0.3, -0.25) is 4.57 Å². The van der Waals surface area contributed by atoms with Crippen molar-refractivity contribution >= 4 is 72.1 Å². The largest absolute Gasteiger partial charge is 0.457 e. The lowest BCUT2D eigenvalue weighted by molar-refractivity contribution is 0.545. The first-order valence-electron chi connectivity index (χ1n) is 17.8. The van der Waals surface area contributed by atoms with Crippen LogP contribution in [0.3, 0.4) is 0 Å². The number of aryl methyl sites for hydroxylation is 1. The maximum Gasteiger partial charge on any atom is 0.235 e. The maximum absolute atomic E-state index is 6.12. The second-order valence-electron chi connectivity index (χ2n) is 13.6. The SMILES string of the molecule is C1=Cc2c(oc3cnc(-n4c5ccccc5c5cc(-c6ccc7c(c6)c6ccccc6n7C6=CC=C(c7ccccc7)CC6)ccc54)nc23)CC1. The molecular formula is C46H32N4O. The summed E-state index contributed by atoms with van der Waals surface area (Å²) in [4.78, 5) is 9.91. The molecular weight excluding hydrogens is 625 g/mol. The summed E-state index contributed by atoms with van der Waals surface area (Å²) in [6.07, 6.45) is 14.7. The van der Waals surface area contributed by atoms with E-state index in [1.165, 1.54) is 60.5 Å². The minimum absolute atomic E-state index is 0.654. The number of para-hydroxylation sites is 2. The van der Waals surface area contributed by atoms with Gasteiger partial charge in [0.15, 0.2) is 5.58 Å². The van der Waals surface area contributed by atoms with Gasteiger partial charge in [0.1, 0.15) is 11.3 Å². The standard InChI is InChI=1S/C46H32N4O/c1-2-10-29(11-3-1)30-18-22-33(23-19-30)49-39-15-7-4-12-34(39)37-26-31(20-24-41(37)49)32-21-25-42-38(27-32)35-13-5-8-16-40(35)50(42)46-47-28-44-45(48-46)36-14-6-9-17-43(36)51-44/h1-8,10-16,18,20-22,24-28H,9,17,19,23H2. The molecule has 0 fully saturated rings. The molecule has 4 aromatic heterocycles. The Morgan fingerprint density at radius 2 is 1.24 bits per heavy atom. The summed E-state index contributed by atoms with van der Waals surface area (Å²) in [6, 6.07) is 41.8. The Balaban J connectivity index is 1.04. The zero-order valence-electron chi connectivity index (χ0n) is 27.9. The average molecular weight is 657 g/mol. The topological polar surface area (TPSA) is 48.8 Å². The fourth-order valence-corrected chi connectivity index (χ4v) is 8.36. The molecule has 5 aromatic carbocycles. The summed E-state index contributed by atoms with van der Waals surface area (Å²) in [6.45, 7) is 0. The summed E-state index contributed by atoms with van der Waals surface area (Å²) >= 11 is 0. The lowest BCUT2D eigenvalue weighted by Gasteiger charge is -2.18. The van der Waals surface area contributed by atoms with Gasteiger partial charge in [-0.25, -0.2) is 9.97 Å². The number of aromatic nitrogens is 4. The predicted octanol–water partition coefficient (Wildman–Crippen LogP) is 11.8. The van der Waals surface area contributed by atoms with Crippen molar-refractivity contribution < 1.29 is 4.42 Å². The molecule has 0 aliphatic heterocycles. The lowest BCUT2D eigenvalue weighted by atomic mass is 9.96. The van der Waals surface area contributed by atoms with Gasteiger partial charge in [0.05, 0.1) is 28.3 Å². The van der Waals surface area contributed by atoms with E-state index in [4.69, 9.17) is 14.4 Å². The molecule has 0 radical (unpaired) electrons. The first-order chi connectivity index (χ1) is 25.3. The zero-order chi connectivity index (χ0) is 33.5. The summed E-state index contributed by atoms with van der Waals surface area (Å²) in [5.41, 5.74) is 13.7. The zero-order valence-corrected chi connectivity index (χ0v) is 27.9. The van der Waals surface area contributed by atoms with Crippen LogP contribution in [0.2, 0.25) is 0 Å². The predicted molar refractivity (Wildman–Crippen MR) is 210 cm³/mol. The Hall–Kier alpha value is -6.46. The summed E-state index contributed by atoms with van der Waals surface area (Å²) < 4.78 is 10.8. The summed E-state index contributed by atoms with van der Waals surface area (Å²) in [5, 5.41) is 4.90. The Morgan fingerprint density at radius 1 is 0.569 bits per heavy atom. The molecule has 0 saturated carbocycles. The van der Waals surface area contributed by atoms with Crippen molar-refractivity contribution in [3.05, 3.63) is 157 Å². The minimum Gasteiger partial charge on any atom is -0.457 e. The third kappa shape index (κ3) is 4.34. The number of allylic oxidation sites excluding steroid dienone is 5. The highest BCUT2D eigenvalue weighted by Gasteiger charge is 2.21. The van der Waals surface area contributed by atoms with Gasteiger partial charge in [-0.15, -0.1) is 0 Å². The molecule has 0 spiro atoms. The molecule has 2 aliphatic rings. The van der Waals surface area contributed by atoms with Crippen LogP contribution < -0.4 is 0 Å². The molecule has 0 amide bonds. The van der Waals surface area contributed by atoms with Crippen LogP contribution in [0.5, 0.6) is 0 Å². The van der Waals surface area contributed by atoms with Crippen molar-refractivity contribution in [2.45, 2.75) is 25.7 Å². The molecule has 5 nitrogen and oxygen atoms in total. The lowest BCUT2D eigenvalue weighted by Crippen LogP contribution is -2.01. The molecule has 242 valence electrons. The van der Waals surface area contributed by atoms with Crippen LogP contribution in [0.15, 0.2) is 144 Å². The molecule has 11 rings (SSSR count). The third-order valence-corrected chi connectivity index (χ3v) is 10.8. The second-order valence-corrected chi connectivity index (χ2v) is 13.6. The molecule has 51 heavy (non-hydrogen) atoms. The number of rotatable bonds is 4. The Bertz CT molecular complexity index is 2970. The van der Waals surface area contributed by atoms with E-state index in [1.807, 2.05) is 6.20 Å². The van der Waals surface area contributed by atoms with Crippen LogP contribution in [0.1, 0.15) is 36.1 Å². The van der Waals surface area contributed by atoms with Gasteiger partial charge in [-0.1, -0.05) is 97.1 Å². The molecule has 0 bridgehead atoms. The van der Waals surface area contributed by atoms with Gasteiger partial charge in [0.25, 0.3) is 0 Å². The Kier molecular flexibility index (Phi) is 6.14. The number of nitrogens with zero attached hydrogens (tertiary/aromatic N) is 4. The van der Waals surface area contributed by atoms with E-state index in [1.54, 1.807) is 0 Å². The molecule has 0 unspecified atom stereocenters. The van der Waals surface area contributed by atoms with Crippen LogP contribution in [0, 0.1) is 0 Å². The molecule has 0 saturated heterocycles. The van der Waals surface area contributed by atoms with E-state index in [0.717, 1.165) is 59.1 Å². The van der Waals surface area contributed by atoms with E-state index in [9.17, 15) is 0 Å². The van der Waals surface area contributed by atoms with E-state index >= 15 is 0 Å². The first-order valence-corrected chi connectivity index (χ1v) is 17.8. The van der Waals surface area contributed by atoms with Crippen molar-refractivity contribution in [1.29, 1.82) is 0 Å². The van der Waals surface area contributed by atoms with Gasteiger partial charge in [-0.05, 0) is 84.0 Å². The van der Waals surface area contributed by atoms with Gasteiger partial charge in [0.2, 0.25) is 5.95 Å². The number of hydrogen-bond donors (Lipinski definition) is 0. The van der Waals surface area contributed by atoms with E-state index in [-0.39, 0.29) is 0 Å². The van der Waals surface area contributed by atoms with Crippen LogP contribution >= 0.6 is 0 Å². The summed E-state index contributed by atoms with van der Waals surface area (Å²) in [5.74, 6) is 1.65. The Labute approximate surface area is 294 Å². The van der Waals surface area contributed by atoms with Gasteiger partial charge in [-0.2, -0.15) is 0 Å². The van der Waals surface area contributed by atoms with E-state index < -0.39 is 0 Å². The number of furan rings is 1. The molecule has 0 N–H and O–H groups in total. The van der Waals surface area contributed by atoms with Crippen molar-refractivity contribution in [1.82, 2.24) is 19.1 Å². The van der Waals surface area contributed by atoms with Crippen molar-refractivity contribution in [3.8, 4) is 17.1 Å². The average Bonchev–Trinajstić information content (AvgIpc) is 3.85. The number of fused-ring (bicyclic) bond motifs is 9. The van der Waals surface area contributed by atoms with Gasteiger partial charge >= 0.3 is 0 Å². The van der Waals surface area contributed by atoms with Crippen molar-refractivity contribution in [3.63, 3.8) is 0 Å². The first kappa shape index (κ1) is 28.4. The highest BCUT2D eigenvalue weighted by molar-refractivity contribution is 6.13. The van der Waals surface area contributed by atoms with Crippen LogP contribution in [-0.2, 0) is 6.42 Å². The van der Waals surface area contributed by atoms with Crippen molar-refractivity contribution in [2.24, 2.45) is 0 Å². The quantitative estimate of drug-likeness (QED) is 0.189. The molecule has 5 heteroatoms. The fraction of sp³-hybridized carbons (Fsp3) is 0.0870. The third-order valence-electron chi connectivity index (χ3n) is 10.8. The second kappa shape index (κ2) is 11.0. The minimum atomic E-state index is 0.654. The Morgan fingerprint density at radius 3 is 1.96 bits per heavy atom. The van der Waals surface area contributed by atoms with E-state index in [2.05, 4.69) is 149 Å². The smallest absolute Gasteiger partial charge is 0.235 e. The molecule has 9 aromatic rings. The number of hydrogen-bond acceptors (Lipinski definition) is 3. The van der Waals surface area contributed by atoms with Gasteiger partial charge in [0, 0.05) is 39.2 Å². The monoisotopic (exact) mass is 656 g/mol. The van der Waals surface area contributed by atoms with Crippen LogP contribution in [0.4, 0.5) is 0 Å². The van der Waals surface area contributed by atoms with Gasteiger partial charge < -0.3 is 8.98 Å². The molecule has 4 heterocycles. The van der Waals surface area contributed by atoms with E-state index in [0.29, 0.717) is 5.95 Å². The molecule has 2 aliphatic carbocycles. The summed E-state index contributed by atoms with van der Waals surface area (Å²) in [7, 11) is 0. The molecule has 0 atom stereocenters. The highest BCUT2D eigenvalue weighted by Crippen LogP contribution is 2.40. The van der Waals surface area contributed by atoms with Crippen LogP contribution in [0.25, 0.3) is 89.1 Å². The van der Waals surface area contributed by atoms with Crippen molar-refractivity contribution in [2.75, 3.05) is 0 Å². The maximum atomic E-state index is 6.12. The normalized spacial score (nSPS) is 14.5. The fourth-order valence-electron chi connectivity index (χ4n) is 8.36. The highest BCUT2D eigenvalue weighted by atomic mass is 16.3. The number of benzene rings is 5. The van der Waals surface area contributed by atoms with Crippen LogP contribution in [-0.4, -0.2) is 19.1 Å².